The quantitative estimate of drug-likeness (QED) is 0.309. The van der Waals surface area contributed by atoms with E-state index in [9.17, 15) is 9.90 Å². The Kier molecular flexibility index (Phi) is 9.40. The summed E-state index contributed by atoms with van der Waals surface area (Å²) in [6, 6.07) is 12.5. The Bertz CT molecular complexity index is 1130. The van der Waals surface area contributed by atoms with E-state index in [0.29, 0.717) is 11.8 Å². The third kappa shape index (κ3) is 7.10. The monoisotopic (exact) mass is 491 g/mol. The van der Waals surface area contributed by atoms with Crippen molar-refractivity contribution in [1.29, 1.82) is 0 Å². The standard InChI is InChI=1S/C30H41N3O3/c1-32-18-6-10-26(32)9-3-4-19-33-20-16-23(25(22-33)11-14-30(34)35)7-5-8-24-15-17-31-29-13-12-27(36-2)21-28(24)29/h6,10,12-13,15,17-18,21,23,25H,3-5,7-9,11,14,16,19-20,22H2,1-2H3,(H,34,35). The summed E-state index contributed by atoms with van der Waals surface area (Å²) in [7, 11) is 3.81. The lowest BCUT2D eigenvalue weighted by Crippen LogP contribution is -2.41. The predicted octanol–water partition coefficient (Wildman–Crippen LogP) is 5.73. The smallest absolute Gasteiger partial charge is 0.303 e. The van der Waals surface area contributed by atoms with Crippen molar-refractivity contribution >= 4 is 16.9 Å². The summed E-state index contributed by atoms with van der Waals surface area (Å²) >= 11 is 0. The van der Waals surface area contributed by atoms with E-state index in [0.717, 1.165) is 63.0 Å². The molecule has 194 valence electrons. The molecule has 1 aliphatic heterocycles. The van der Waals surface area contributed by atoms with Gasteiger partial charge in [0.1, 0.15) is 5.75 Å². The highest BCUT2D eigenvalue weighted by Gasteiger charge is 2.29. The number of rotatable bonds is 13. The Morgan fingerprint density at radius 3 is 2.78 bits per heavy atom. The number of unbranched alkanes of at least 4 members (excludes halogenated alkanes) is 1. The number of piperidine rings is 1. The highest BCUT2D eigenvalue weighted by Crippen LogP contribution is 2.32. The first-order valence-corrected chi connectivity index (χ1v) is 13.5. The zero-order valence-electron chi connectivity index (χ0n) is 21.9. The third-order valence-electron chi connectivity index (χ3n) is 7.97. The van der Waals surface area contributed by atoms with Crippen molar-refractivity contribution in [2.75, 3.05) is 26.7 Å². The van der Waals surface area contributed by atoms with Crippen LogP contribution in [0.5, 0.6) is 5.75 Å². The second-order valence-electron chi connectivity index (χ2n) is 10.4. The molecule has 1 aliphatic rings. The summed E-state index contributed by atoms with van der Waals surface area (Å²) in [6.45, 7) is 3.29. The molecule has 0 aliphatic carbocycles. The minimum Gasteiger partial charge on any atom is -0.497 e. The summed E-state index contributed by atoms with van der Waals surface area (Å²) in [5.74, 6) is 1.26. The van der Waals surface area contributed by atoms with Gasteiger partial charge in [-0.25, -0.2) is 0 Å². The van der Waals surface area contributed by atoms with E-state index in [1.165, 1.54) is 35.9 Å². The average Bonchev–Trinajstić information content (AvgIpc) is 3.30. The Hall–Kier alpha value is -2.86. The molecule has 0 spiro atoms. The molecule has 1 N–H and O–H groups in total. The summed E-state index contributed by atoms with van der Waals surface area (Å²) < 4.78 is 7.63. The zero-order valence-corrected chi connectivity index (χ0v) is 21.9. The van der Waals surface area contributed by atoms with E-state index in [2.05, 4.69) is 52.0 Å². The van der Waals surface area contributed by atoms with Crippen LogP contribution in [0.2, 0.25) is 0 Å². The van der Waals surface area contributed by atoms with Crippen LogP contribution in [0.1, 0.15) is 56.2 Å². The third-order valence-corrected chi connectivity index (χ3v) is 7.97. The fourth-order valence-corrected chi connectivity index (χ4v) is 5.85. The number of aromatic nitrogens is 2. The van der Waals surface area contributed by atoms with Crippen molar-refractivity contribution in [1.82, 2.24) is 14.5 Å². The number of hydrogen-bond acceptors (Lipinski definition) is 4. The minimum atomic E-state index is -0.675. The van der Waals surface area contributed by atoms with E-state index >= 15 is 0 Å². The van der Waals surface area contributed by atoms with Crippen molar-refractivity contribution in [3.8, 4) is 5.75 Å². The normalized spacial score (nSPS) is 18.5. The number of hydrogen-bond donors (Lipinski definition) is 1. The van der Waals surface area contributed by atoms with Gasteiger partial charge in [0.05, 0.1) is 12.6 Å². The Labute approximate surface area is 215 Å². The van der Waals surface area contributed by atoms with Crippen molar-refractivity contribution < 1.29 is 14.6 Å². The SMILES string of the molecule is COc1ccc2nccc(CCCC3CCN(CCCCc4cccn4C)CC3CCC(=O)O)c2c1. The van der Waals surface area contributed by atoms with Crippen LogP contribution >= 0.6 is 0 Å². The number of nitrogens with zero attached hydrogens (tertiary/aromatic N) is 3. The highest BCUT2D eigenvalue weighted by molar-refractivity contribution is 5.83. The lowest BCUT2D eigenvalue weighted by Gasteiger charge is -2.39. The fourth-order valence-electron chi connectivity index (χ4n) is 5.85. The Morgan fingerprint density at radius 2 is 2.00 bits per heavy atom. The van der Waals surface area contributed by atoms with Gasteiger partial charge in [-0.15, -0.1) is 0 Å². The number of aryl methyl sites for hydroxylation is 3. The molecule has 2 unspecified atom stereocenters. The first-order chi connectivity index (χ1) is 17.5. The lowest BCUT2D eigenvalue weighted by atomic mass is 9.79. The van der Waals surface area contributed by atoms with Gasteiger partial charge in [0.25, 0.3) is 0 Å². The summed E-state index contributed by atoms with van der Waals surface area (Å²) in [4.78, 5) is 18.4. The van der Waals surface area contributed by atoms with Crippen molar-refractivity contribution in [2.45, 2.75) is 57.8 Å². The van der Waals surface area contributed by atoms with Crippen LogP contribution in [0, 0.1) is 11.8 Å². The van der Waals surface area contributed by atoms with Gasteiger partial charge in [0.15, 0.2) is 0 Å². The fraction of sp³-hybridized carbons (Fsp3) is 0.533. The van der Waals surface area contributed by atoms with Gasteiger partial charge in [-0.3, -0.25) is 9.78 Å². The Balaban J connectivity index is 1.29. The van der Waals surface area contributed by atoms with Crippen LogP contribution < -0.4 is 4.74 Å². The highest BCUT2D eigenvalue weighted by atomic mass is 16.5. The van der Waals surface area contributed by atoms with Crippen LogP contribution in [0.3, 0.4) is 0 Å². The number of fused-ring (bicyclic) bond motifs is 1. The molecule has 2 atom stereocenters. The molecular formula is C30H41N3O3. The summed E-state index contributed by atoms with van der Waals surface area (Å²) in [6.07, 6.45) is 13.0. The number of aliphatic carboxylic acids is 1. The molecule has 36 heavy (non-hydrogen) atoms. The molecule has 6 heteroatoms. The molecule has 1 fully saturated rings. The maximum atomic E-state index is 11.3. The maximum Gasteiger partial charge on any atom is 0.303 e. The zero-order chi connectivity index (χ0) is 25.3. The van der Waals surface area contributed by atoms with Crippen LogP contribution in [-0.2, 0) is 24.7 Å². The largest absolute Gasteiger partial charge is 0.497 e. The minimum absolute atomic E-state index is 0.275. The Morgan fingerprint density at radius 1 is 1.11 bits per heavy atom. The molecule has 6 nitrogen and oxygen atoms in total. The maximum absolute atomic E-state index is 11.3. The molecule has 0 bridgehead atoms. The molecule has 0 saturated carbocycles. The van der Waals surface area contributed by atoms with Gasteiger partial charge in [-0.2, -0.15) is 0 Å². The van der Waals surface area contributed by atoms with Gasteiger partial charge in [-0.1, -0.05) is 0 Å². The van der Waals surface area contributed by atoms with Crippen molar-refractivity contribution in [3.63, 3.8) is 0 Å². The summed E-state index contributed by atoms with van der Waals surface area (Å²) in [5.41, 5.74) is 3.72. The molecule has 1 saturated heterocycles. The first kappa shape index (κ1) is 26.2. The number of pyridine rings is 1. The van der Waals surface area contributed by atoms with Crippen LogP contribution in [0.25, 0.3) is 10.9 Å². The van der Waals surface area contributed by atoms with Crippen LogP contribution in [-0.4, -0.2) is 52.3 Å². The van der Waals surface area contributed by atoms with Gasteiger partial charge >= 0.3 is 5.97 Å². The molecule has 3 aromatic rings. The topological polar surface area (TPSA) is 67.6 Å². The second kappa shape index (κ2) is 12.9. The van der Waals surface area contributed by atoms with Crippen LogP contribution in [0.15, 0.2) is 48.8 Å². The number of ether oxygens (including phenoxy) is 1. The number of benzene rings is 1. The van der Waals surface area contributed by atoms with Gasteiger partial charge < -0.3 is 19.3 Å². The van der Waals surface area contributed by atoms with E-state index in [1.807, 2.05) is 18.3 Å². The number of carbonyl (C=O) groups is 1. The number of carboxylic acids is 1. The molecule has 3 heterocycles. The number of carboxylic acid groups (broad SMARTS) is 1. The summed E-state index contributed by atoms with van der Waals surface area (Å²) in [5, 5.41) is 10.5. The van der Waals surface area contributed by atoms with E-state index < -0.39 is 5.97 Å². The molecule has 2 aromatic heterocycles. The van der Waals surface area contributed by atoms with E-state index in [-0.39, 0.29) is 6.42 Å². The first-order valence-electron chi connectivity index (χ1n) is 13.5. The average molecular weight is 492 g/mol. The molecular weight excluding hydrogens is 450 g/mol. The molecule has 0 radical (unpaired) electrons. The van der Waals surface area contributed by atoms with Crippen molar-refractivity contribution in [2.24, 2.45) is 18.9 Å². The second-order valence-corrected chi connectivity index (χ2v) is 10.4. The van der Waals surface area contributed by atoms with E-state index in [1.54, 1.807) is 7.11 Å². The molecule has 0 amide bonds. The molecule has 4 rings (SSSR count). The van der Waals surface area contributed by atoms with Crippen molar-refractivity contribution in [3.05, 3.63) is 60.0 Å². The number of likely N-dealkylation sites (tertiary alicyclic amines) is 1. The molecule has 1 aromatic carbocycles. The van der Waals surface area contributed by atoms with Crippen LogP contribution in [0.4, 0.5) is 0 Å². The van der Waals surface area contributed by atoms with Gasteiger partial charge in [-0.05, 0) is 118 Å². The number of methoxy groups -OCH3 is 1. The van der Waals surface area contributed by atoms with Gasteiger partial charge in [0.2, 0.25) is 0 Å². The van der Waals surface area contributed by atoms with E-state index in [4.69, 9.17) is 4.74 Å². The predicted molar refractivity (Wildman–Crippen MR) is 144 cm³/mol. The lowest BCUT2D eigenvalue weighted by molar-refractivity contribution is -0.137. The van der Waals surface area contributed by atoms with Gasteiger partial charge in [0, 0.05) is 43.5 Å².